The summed E-state index contributed by atoms with van der Waals surface area (Å²) in [6, 6.07) is 6.95. The summed E-state index contributed by atoms with van der Waals surface area (Å²) in [7, 11) is 0. The van der Waals surface area contributed by atoms with Crippen molar-refractivity contribution in [3.05, 3.63) is 29.8 Å². The Labute approximate surface area is 101 Å². The highest BCUT2D eigenvalue weighted by atomic mass is 16.1. The molecule has 0 spiro atoms. The minimum absolute atomic E-state index is 0.105. The number of rotatable bonds is 3. The zero-order valence-electron chi connectivity index (χ0n) is 9.98. The molecule has 2 unspecified atom stereocenters. The maximum atomic E-state index is 12.0. The van der Waals surface area contributed by atoms with E-state index in [9.17, 15) is 9.59 Å². The Balaban J connectivity index is 1.99. The van der Waals surface area contributed by atoms with Crippen LogP contribution in [0.5, 0.6) is 0 Å². The molecule has 0 saturated heterocycles. The summed E-state index contributed by atoms with van der Waals surface area (Å²) in [6.45, 7) is 2.13. The number of anilines is 1. The molecular weight excluding hydrogens is 214 g/mol. The maximum absolute atomic E-state index is 12.0. The predicted octanol–water partition coefficient (Wildman–Crippen LogP) is 2.87. The molecule has 2 rings (SSSR count). The molecule has 90 valence electrons. The van der Waals surface area contributed by atoms with Crippen molar-refractivity contribution < 1.29 is 9.59 Å². The second kappa shape index (κ2) is 5.13. The molecule has 2 atom stereocenters. The SMILES string of the molecule is CC1CCCC1C(=O)Nc1ccc(C=O)cc1. The third kappa shape index (κ3) is 2.73. The smallest absolute Gasteiger partial charge is 0.227 e. The molecule has 1 aromatic rings. The topological polar surface area (TPSA) is 46.2 Å². The average Bonchev–Trinajstić information content (AvgIpc) is 2.76. The Bertz CT molecular complexity index is 411. The van der Waals surface area contributed by atoms with Crippen molar-refractivity contribution >= 4 is 17.9 Å². The molecule has 1 amide bonds. The number of hydrogen-bond donors (Lipinski definition) is 1. The Morgan fingerprint density at radius 3 is 2.53 bits per heavy atom. The first-order chi connectivity index (χ1) is 8.20. The van der Waals surface area contributed by atoms with Crippen LogP contribution >= 0.6 is 0 Å². The summed E-state index contributed by atoms with van der Waals surface area (Å²) >= 11 is 0. The fraction of sp³-hybridized carbons (Fsp3) is 0.429. The van der Waals surface area contributed by atoms with Crippen LogP contribution in [0.25, 0.3) is 0 Å². The normalized spacial score (nSPS) is 23.4. The van der Waals surface area contributed by atoms with E-state index in [0.717, 1.165) is 31.2 Å². The minimum atomic E-state index is 0.105. The van der Waals surface area contributed by atoms with Gasteiger partial charge in [-0.25, -0.2) is 0 Å². The molecule has 3 heteroatoms. The maximum Gasteiger partial charge on any atom is 0.227 e. The highest BCUT2D eigenvalue weighted by molar-refractivity contribution is 5.93. The number of benzene rings is 1. The van der Waals surface area contributed by atoms with E-state index in [0.29, 0.717) is 11.5 Å². The summed E-state index contributed by atoms with van der Waals surface area (Å²) in [4.78, 5) is 22.5. The third-order valence-corrected chi connectivity index (χ3v) is 3.51. The number of hydrogen-bond acceptors (Lipinski definition) is 2. The number of nitrogens with one attached hydrogen (secondary N) is 1. The molecule has 1 saturated carbocycles. The molecule has 1 fully saturated rings. The van der Waals surface area contributed by atoms with Crippen molar-refractivity contribution in [1.29, 1.82) is 0 Å². The molecule has 0 bridgehead atoms. The van der Waals surface area contributed by atoms with Crippen LogP contribution in [-0.4, -0.2) is 12.2 Å². The minimum Gasteiger partial charge on any atom is -0.326 e. The number of amides is 1. The Kier molecular flexibility index (Phi) is 3.57. The van der Waals surface area contributed by atoms with Crippen LogP contribution in [-0.2, 0) is 4.79 Å². The summed E-state index contributed by atoms with van der Waals surface area (Å²) in [5.41, 5.74) is 1.39. The molecule has 0 radical (unpaired) electrons. The van der Waals surface area contributed by atoms with E-state index in [1.165, 1.54) is 0 Å². The second-order valence-electron chi connectivity index (χ2n) is 4.74. The zero-order chi connectivity index (χ0) is 12.3. The lowest BCUT2D eigenvalue weighted by Gasteiger charge is -2.15. The lowest BCUT2D eigenvalue weighted by atomic mass is 9.97. The van der Waals surface area contributed by atoms with Crippen LogP contribution in [0.15, 0.2) is 24.3 Å². The quantitative estimate of drug-likeness (QED) is 0.813. The highest BCUT2D eigenvalue weighted by Gasteiger charge is 2.29. The van der Waals surface area contributed by atoms with Gasteiger partial charge in [-0.2, -0.15) is 0 Å². The van der Waals surface area contributed by atoms with Gasteiger partial charge in [0.1, 0.15) is 6.29 Å². The summed E-state index contributed by atoms with van der Waals surface area (Å²) in [5.74, 6) is 0.721. The summed E-state index contributed by atoms with van der Waals surface area (Å²) in [6.07, 6.45) is 4.07. The van der Waals surface area contributed by atoms with E-state index in [-0.39, 0.29) is 11.8 Å². The molecule has 3 nitrogen and oxygen atoms in total. The summed E-state index contributed by atoms with van der Waals surface area (Å²) < 4.78 is 0. The van der Waals surface area contributed by atoms with Crippen LogP contribution in [0, 0.1) is 11.8 Å². The first-order valence-electron chi connectivity index (χ1n) is 6.07. The Hall–Kier alpha value is -1.64. The first-order valence-corrected chi connectivity index (χ1v) is 6.07. The molecule has 1 aliphatic carbocycles. The fourth-order valence-electron chi connectivity index (χ4n) is 2.41. The second-order valence-corrected chi connectivity index (χ2v) is 4.74. The predicted molar refractivity (Wildman–Crippen MR) is 67.0 cm³/mol. The van der Waals surface area contributed by atoms with E-state index in [2.05, 4.69) is 12.2 Å². The van der Waals surface area contributed by atoms with E-state index in [1.807, 2.05) is 0 Å². The number of carbonyl (C=O) groups excluding carboxylic acids is 2. The van der Waals surface area contributed by atoms with Crippen LogP contribution in [0.2, 0.25) is 0 Å². The van der Waals surface area contributed by atoms with Gasteiger partial charge in [0.25, 0.3) is 0 Å². The van der Waals surface area contributed by atoms with Gasteiger partial charge >= 0.3 is 0 Å². The van der Waals surface area contributed by atoms with Crippen molar-refractivity contribution in [3.63, 3.8) is 0 Å². The van der Waals surface area contributed by atoms with Crippen LogP contribution < -0.4 is 5.32 Å². The molecule has 1 N–H and O–H groups in total. The third-order valence-electron chi connectivity index (χ3n) is 3.51. The summed E-state index contributed by atoms with van der Waals surface area (Å²) in [5, 5.41) is 2.91. The van der Waals surface area contributed by atoms with Gasteiger partial charge in [0.05, 0.1) is 0 Å². The van der Waals surface area contributed by atoms with E-state index < -0.39 is 0 Å². The van der Waals surface area contributed by atoms with Crippen molar-refractivity contribution in [2.24, 2.45) is 11.8 Å². The lowest BCUT2D eigenvalue weighted by molar-refractivity contribution is -0.120. The first kappa shape index (κ1) is 11.8. The molecule has 0 heterocycles. The van der Waals surface area contributed by atoms with Gasteiger partial charge in [-0.05, 0) is 43.0 Å². The standard InChI is InChI=1S/C14H17NO2/c1-10-3-2-4-13(10)14(17)15-12-7-5-11(9-16)6-8-12/h5-10,13H,2-4H2,1H3,(H,15,17). The fourth-order valence-corrected chi connectivity index (χ4v) is 2.41. The van der Waals surface area contributed by atoms with Crippen molar-refractivity contribution in [2.75, 3.05) is 5.32 Å². The van der Waals surface area contributed by atoms with E-state index in [1.54, 1.807) is 24.3 Å². The van der Waals surface area contributed by atoms with Gasteiger partial charge in [-0.1, -0.05) is 13.3 Å². The van der Waals surface area contributed by atoms with Crippen LogP contribution in [0.3, 0.4) is 0 Å². The van der Waals surface area contributed by atoms with Crippen molar-refractivity contribution in [3.8, 4) is 0 Å². The van der Waals surface area contributed by atoms with Crippen molar-refractivity contribution in [1.82, 2.24) is 0 Å². The molecular formula is C14H17NO2. The zero-order valence-corrected chi connectivity index (χ0v) is 9.98. The van der Waals surface area contributed by atoms with Gasteiger partial charge in [-0.15, -0.1) is 0 Å². The number of carbonyl (C=O) groups is 2. The van der Waals surface area contributed by atoms with Gasteiger partial charge < -0.3 is 5.32 Å². The number of aldehydes is 1. The van der Waals surface area contributed by atoms with E-state index in [4.69, 9.17) is 0 Å². The van der Waals surface area contributed by atoms with Crippen molar-refractivity contribution in [2.45, 2.75) is 26.2 Å². The molecule has 0 aromatic heterocycles. The molecule has 0 aliphatic heterocycles. The van der Waals surface area contributed by atoms with Crippen LogP contribution in [0.1, 0.15) is 36.5 Å². The average molecular weight is 231 g/mol. The largest absolute Gasteiger partial charge is 0.326 e. The molecule has 1 aliphatic rings. The Morgan fingerprint density at radius 2 is 2.00 bits per heavy atom. The van der Waals surface area contributed by atoms with Gasteiger partial charge in [-0.3, -0.25) is 9.59 Å². The monoisotopic (exact) mass is 231 g/mol. The van der Waals surface area contributed by atoms with Crippen LogP contribution in [0.4, 0.5) is 5.69 Å². The van der Waals surface area contributed by atoms with Gasteiger partial charge in [0, 0.05) is 17.2 Å². The lowest BCUT2D eigenvalue weighted by Crippen LogP contribution is -2.24. The van der Waals surface area contributed by atoms with E-state index >= 15 is 0 Å². The molecule has 17 heavy (non-hydrogen) atoms. The molecule has 1 aromatic carbocycles. The van der Waals surface area contributed by atoms with Gasteiger partial charge in [0.2, 0.25) is 5.91 Å². The van der Waals surface area contributed by atoms with Gasteiger partial charge in [0.15, 0.2) is 0 Å². The Morgan fingerprint density at radius 1 is 1.29 bits per heavy atom. The highest BCUT2D eigenvalue weighted by Crippen LogP contribution is 2.31.